The molecule has 2 aromatic rings. The highest BCUT2D eigenvalue weighted by Gasteiger charge is 2.22. The maximum Gasteiger partial charge on any atom is 0.317 e. The number of carboxylic acid groups (broad SMARTS) is 1. The first-order valence-electron chi connectivity index (χ1n) is 8.58. The van der Waals surface area contributed by atoms with Crippen molar-refractivity contribution in [3.8, 4) is 10.4 Å². The molecule has 0 bridgehead atoms. The standard InChI is InChI=1S/C19H23ClN2O3S/c1-21(13-19(23)24)10-16-11-22(8-9-25-16)12-17-6-7-18(26-17)14-2-4-15(20)5-3-14/h2-7,16H,8-13H2,1H3,(H,23,24). The van der Waals surface area contributed by atoms with Gasteiger partial charge in [-0.3, -0.25) is 14.6 Å². The van der Waals surface area contributed by atoms with E-state index < -0.39 is 5.97 Å². The van der Waals surface area contributed by atoms with Crippen LogP contribution in [-0.4, -0.2) is 66.8 Å². The fraction of sp³-hybridized carbons (Fsp3) is 0.421. The van der Waals surface area contributed by atoms with Crippen molar-refractivity contribution < 1.29 is 14.6 Å². The lowest BCUT2D eigenvalue weighted by Gasteiger charge is -2.34. The summed E-state index contributed by atoms with van der Waals surface area (Å²) in [5, 5.41) is 9.62. The van der Waals surface area contributed by atoms with Gasteiger partial charge < -0.3 is 9.84 Å². The van der Waals surface area contributed by atoms with Crippen LogP contribution < -0.4 is 0 Å². The van der Waals surface area contributed by atoms with Gasteiger partial charge in [0.1, 0.15) is 0 Å². The lowest BCUT2D eigenvalue weighted by molar-refractivity contribution is -0.138. The first-order chi connectivity index (χ1) is 12.5. The van der Waals surface area contributed by atoms with Gasteiger partial charge in [0.05, 0.1) is 19.3 Å². The molecule has 1 aliphatic heterocycles. The largest absolute Gasteiger partial charge is 0.480 e. The highest BCUT2D eigenvalue weighted by molar-refractivity contribution is 7.15. The zero-order valence-electron chi connectivity index (χ0n) is 14.7. The molecule has 1 unspecified atom stereocenters. The predicted octanol–water partition coefficient (Wildman–Crippen LogP) is 3.29. The fourth-order valence-corrected chi connectivity index (χ4v) is 4.31. The second kappa shape index (κ2) is 8.97. The quantitative estimate of drug-likeness (QED) is 0.781. The van der Waals surface area contributed by atoms with Crippen LogP contribution >= 0.6 is 22.9 Å². The van der Waals surface area contributed by atoms with E-state index in [9.17, 15) is 4.79 Å². The summed E-state index contributed by atoms with van der Waals surface area (Å²) < 4.78 is 5.80. The number of nitrogens with zero attached hydrogens (tertiary/aromatic N) is 2. The van der Waals surface area contributed by atoms with Gasteiger partial charge in [0, 0.05) is 41.0 Å². The Bertz CT molecular complexity index is 735. The summed E-state index contributed by atoms with van der Waals surface area (Å²) in [5.41, 5.74) is 1.18. The zero-order chi connectivity index (χ0) is 18.5. The van der Waals surface area contributed by atoms with Crippen LogP contribution in [-0.2, 0) is 16.1 Å². The van der Waals surface area contributed by atoms with Crippen LogP contribution in [0.25, 0.3) is 10.4 Å². The Kier molecular flexibility index (Phi) is 6.67. The molecule has 0 radical (unpaired) electrons. The van der Waals surface area contributed by atoms with Gasteiger partial charge in [0.25, 0.3) is 0 Å². The van der Waals surface area contributed by atoms with Gasteiger partial charge in [-0.1, -0.05) is 23.7 Å². The topological polar surface area (TPSA) is 53.0 Å². The zero-order valence-corrected chi connectivity index (χ0v) is 16.3. The van der Waals surface area contributed by atoms with Crippen molar-refractivity contribution >= 4 is 28.9 Å². The van der Waals surface area contributed by atoms with E-state index in [0.29, 0.717) is 13.2 Å². The minimum Gasteiger partial charge on any atom is -0.480 e. The monoisotopic (exact) mass is 394 g/mol. The Morgan fingerprint density at radius 3 is 2.85 bits per heavy atom. The second-order valence-electron chi connectivity index (χ2n) is 6.59. The first-order valence-corrected chi connectivity index (χ1v) is 9.78. The van der Waals surface area contributed by atoms with E-state index >= 15 is 0 Å². The summed E-state index contributed by atoms with van der Waals surface area (Å²) in [6.45, 7) is 3.95. The molecular formula is C19H23ClN2O3S. The number of ether oxygens (including phenoxy) is 1. The normalized spacial score (nSPS) is 18.3. The van der Waals surface area contributed by atoms with E-state index in [2.05, 4.69) is 17.0 Å². The van der Waals surface area contributed by atoms with Gasteiger partial charge in [-0.25, -0.2) is 0 Å². The lowest BCUT2D eigenvalue weighted by Crippen LogP contribution is -2.47. The van der Waals surface area contributed by atoms with Gasteiger partial charge >= 0.3 is 5.97 Å². The van der Waals surface area contributed by atoms with Crippen LogP contribution in [0.15, 0.2) is 36.4 Å². The van der Waals surface area contributed by atoms with Gasteiger partial charge in [0.15, 0.2) is 0 Å². The number of thiophene rings is 1. The number of carbonyl (C=O) groups is 1. The first kappa shape index (κ1) is 19.3. The van der Waals surface area contributed by atoms with Crippen LogP contribution in [0.4, 0.5) is 0 Å². The third-order valence-electron chi connectivity index (χ3n) is 4.31. The Labute approximate surface area is 162 Å². The maximum atomic E-state index is 10.8. The molecule has 5 nitrogen and oxygen atoms in total. The Morgan fingerprint density at radius 2 is 2.12 bits per heavy atom. The van der Waals surface area contributed by atoms with Crippen molar-refractivity contribution in [2.45, 2.75) is 12.6 Å². The molecule has 140 valence electrons. The Morgan fingerprint density at radius 1 is 1.35 bits per heavy atom. The molecule has 1 saturated heterocycles. The molecule has 1 aromatic heterocycles. The number of rotatable bonds is 7. The molecule has 1 aliphatic rings. The lowest BCUT2D eigenvalue weighted by atomic mass is 10.2. The average Bonchev–Trinajstić information content (AvgIpc) is 3.03. The van der Waals surface area contributed by atoms with Crippen molar-refractivity contribution in [2.75, 3.05) is 39.8 Å². The molecular weight excluding hydrogens is 372 g/mol. The summed E-state index contributed by atoms with van der Waals surface area (Å²) in [6, 6.07) is 12.2. The summed E-state index contributed by atoms with van der Waals surface area (Å²) in [4.78, 5) is 17.5. The molecule has 2 heterocycles. The molecule has 1 atom stereocenters. The minimum atomic E-state index is -0.812. The van der Waals surface area contributed by atoms with E-state index in [-0.39, 0.29) is 12.6 Å². The van der Waals surface area contributed by atoms with Gasteiger partial charge in [-0.2, -0.15) is 0 Å². The number of carboxylic acids is 1. The second-order valence-corrected chi connectivity index (χ2v) is 8.20. The summed E-state index contributed by atoms with van der Waals surface area (Å²) in [6.07, 6.45) is 0.0452. The average molecular weight is 395 g/mol. The smallest absolute Gasteiger partial charge is 0.317 e. The van der Waals surface area contributed by atoms with E-state index in [4.69, 9.17) is 21.4 Å². The van der Waals surface area contributed by atoms with Crippen molar-refractivity contribution in [1.29, 1.82) is 0 Å². The van der Waals surface area contributed by atoms with Crippen molar-refractivity contribution in [1.82, 2.24) is 9.80 Å². The van der Waals surface area contributed by atoms with Crippen molar-refractivity contribution in [2.24, 2.45) is 0 Å². The highest BCUT2D eigenvalue weighted by atomic mass is 35.5. The number of aliphatic carboxylic acids is 1. The maximum absolute atomic E-state index is 10.8. The number of halogens is 1. The Balaban J connectivity index is 1.55. The molecule has 3 rings (SSSR count). The predicted molar refractivity (Wildman–Crippen MR) is 105 cm³/mol. The van der Waals surface area contributed by atoms with Crippen LogP contribution in [0.2, 0.25) is 5.02 Å². The van der Waals surface area contributed by atoms with E-state index in [1.165, 1.54) is 15.3 Å². The number of hydrogen-bond donors (Lipinski definition) is 1. The molecule has 0 saturated carbocycles. The Hall–Kier alpha value is -1.44. The summed E-state index contributed by atoms with van der Waals surface area (Å²) in [7, 11) is 1.81. The third-order valence-corrected chi connectivity index (χ3v) is 5.68. The molecule has 1 N–H and O–H groups in total. The minimum absolute atomic E-state index is 0.0369. The SMILES string of the molecule is CN(CC(=O)O)CC1CN(Cc2ccc(-c3ccc(Cl)cc3)s2)CCO1. The number of likely N-dealkylation sites (N-methyl/N-ethyl adjacent to an activating group) is 1. The summed E-state index contributed by atoms with van der Waals surface area (Å²) in [5.74, 6) is -0.812. The van der Waals surface area contributed by atoms with Crippen LogP contribution in [0.3, 0.4) is 0 Å². The van der Waals surface area contributed by atoms with Crippen molar-refractivity contribution in [3.05, 3.63) is 46.3 Å². The highest BCUT2D eigenvalue weighted by Crippen LogP contribution is 2.30. The number of morpholine rings is 1. The van der Waals surface area contributed by atoms with Crippen molar-refractivity contribution in [3.63, 3.8) is 0 Å². The van der Waals surface area contributed by atoms with Crippen LogP contribution in [0, 0.1) is 0 Å². The molecule has 0 spiro atoms. The third kappa shape index (κ3) is 5.53. The molecule has 0 aliphatic carbocycles. The van der Waals surface area contributed by atoms with Crippen LogP contribution in [0.1, 0.15) is 4.88 Å². The van der Waals surface area contributed by atoms with Gasteiger partial charge in [-0.05, 0) is 36.9 Å². The molecule has 7 heteroatoms. The fourth-order valence-electron chi connectivity index (χ4n) is 3.13. The molecule has 0 amide bonds. The number of hydrogen-bond acceptors (Lipinski definition) is 5. The number of benzene rings is 1. The summed E-state index contributed by atoms with van der Waals surface area (Å²) >= 11 is 7.75. The van der Waals surface area contributed by atoms with Gasteiger partial charge in [-0.15, -0.1) is 11.3 Å². The van der Waals surface area contributed by atoms with E-state index in [0.717, 1.165) is 24.7 Å². The molecule has 1 fully saturated rings. The van der Waals surface area contributed by atoms with Crippen LogP contribution in [0.5, 0.6) is 0 Å². The van der Waals surface area contributed by atoms with E-state index in [1.807, 2.05) is 31.3 Å². The van der Waals surface area contributed by atoms with Gasteiger partial charge in [0.2, 0.25) is 0 Å². The van der Waals surface area contributed by atoms with E-state index in [1.54, 1.807) is 16.2 Å². The molecule has 26 heavy (non-hydrogen) atoms. The molecule has 1 aromatic carbocycles.